The SMILES string of the molecule is COc1cc(C#N)cc(C)c1S(N)(=O)=O. The Morgan fingerprint density at radius 1 is 1.47 bits per heavy atom. The first-order valence-electron chi connectivity index (χ1n) is 4.01. The first-order chi connectivity index (χ1) is 6.90. The molecule has 0 fully saturated rings. The minimum absolute atomic E-state index is 0.0796. The molecule has 0 heterocycles. The largest absolute Gasteiger partial charge is 0.495 e. The Bertz CT molecular complexity index is 529. The molecule has 80 valence electrons. The molecule has 1 rings (SSSR count). The highest BCUT2D eigenvalue weighted by Gasteiger charge is 2.18. The second kappa shape index (κ2) is 3.88. The molecule has 0 radical (unpaired) electrons. The molecule has 0 aliphatic carbocycles. The molecule has 2 N–H and O–H groups in total. The molecule has 0 bridgehead atoms. The summed E-state index contributed by atoms with van der Waals surface area (Å²) >= 11 is 0. The van der Waals surface area contributed by atoms with Gasteiger partial charge >= 0.3 is 0 Å². The maximum Gasteiger partial charge on any atom is 0.242 e. The Morgan fingerprint density at radius 3 is 2.47 bits per heavy atom. The molecule has 0 atom stereocenters. The third-order valence-electron chi connectivity index (χ3n) is 1.87. The van der Waals surface area contributed by atoms with Crippen LogP contribution < -0.4 is 9.88 Å². The predicted molar refractivity (Wildman–Crippen MR) is 53.8 cm³/mol. The standard InChI is InChI=1S/C9H10N2O3S/c1-6-3-7(5-10)4-8(14-2)9(6)15(11,12)13/h3-4H,1-2H3,(H2,11,12,13). The summed E-state index contributed by atoms with van der Waals surface area (Å²) in [6.45, 7) is 1.56. The van der Waals surface area contributed by atoms with Crippen LogP contribution in [0, 0.1) is 18.3 Å². The van der Waals surface area contributed by atoms with Gasteiger partial charge in [-0.25, -0.2) is 13.6 Å². The molecule has 0 unspecified atom stereocenters. The lowest BCUT2D eigenvalue weighted by Crippen LogP contribution is -2.15. The molecular formula is C9H10N2O3S. The van der Waals surface area contributed by atoms with Gasteiger partial charge in [0.25, 0.3) is 0 Å². The highest BCUT2D eigenvalue weighted by Crippen LogP contribution is 2.27. The molecule has 0 spiro atoms. The quantitative estimate of drug-likeness (QED) is 0.795. The lowest BCUT2D eigenvalue weighted by molar-refractivity contribution is 0.402. The van der Waals surface area contributed by atoms with Crippen molar-refractivity contribution >= 4 is 10.0 Å². The molecule has 5 nitrogen and oxygen atoms in total. The summed E-state index contributed by atoms with van der Waals surface area (Å²) in [5.41, 5.74) is 0.727. The Labute approximate surface area is 88.1 Å². The average molecular weight is 226 g/mol. The Morgan fingerprint density at radius 2 is 2.07 bits per heavy atom. The van der Waals surface area contributed by atoms with E-state index in [1.165, 1.54) is 19.2 Å². The number of primary sulfonamides is 1. The number of rotatable bonds is 2. The van der Waals surface area contributed by atoms with Gasteiger partial charge in [-0.15, -0.1) is 0 Å². The van der Waals surface area contributed by atoms with Gasteiger partial charge in [0, 0.05) is 0 Å². The summed E-state index contributed by atoms with van der Waals surface area (Å²) in [4.78, 5) is -0.0796. The van der Waals surface area contributed by atoms with Crippen LogP contribution in [0.15, 0.2) is 17.0 Å². The van der Waals surface area contributed by atoms with E-state index in [2.05, 4.69) is 0 Å². The molecule has 0 aliphatic heterocycles. The second-order valence-electron chi connectivity index (χ2n) is 2.98. The van der Waals surface area contributed by atoms with Crippen molar-refractivity contribution in [2.24, 2.45) is 5.14 Å². The number of nitriles is 1. The van der Waals surface area contributed by atoms with Crippen molar-refractivity contribution < 1.29 is 13.2 Å². The van der Waals surface area contributed by atoms with Gasteiger partial charge in [-0.3, -0.25) is 0 Å². The molecule has 0 aromatic heterocycles. The maximum absolute atomic E-state index is 11.2. The van der Waals surface area contributed by atoms with Crippen molar-refractivity contribution in [1.82, 2.24) is 0 Å². The molecular weight excluding hydrogens is 216 g/mol. The van der Waals surface area contributed by atoms with Crippen LogP contribution in [0.5, 0.6) is 5.75 Å². The van der Waals surface area contributed by atoms with E-state index in [-0.39, 0.29) is 10.6 Å². The second-order valence-corrected chi connectivity index (χ2v) is 4.48. The van der Waals surface area contributed by atoms with Crippen molar-refractivity contribution in [1.29, 1.82) is 5.26 Å². The summed E-state index contributed by atoms with van der Waals surface area (Å²) in [5, 5.41) is 13.7. The number of nitrogens with zero attached hydrogens (tertiary/aromatic N) is 1. The number of ether oxygens (including phenoxy) is 1. The molecule has 0 saturated carbocycles. The highest BCUT2D eigenvalue weighted by atomic mass is 32.2. The van der Waals surface area contributed by atoms with Crippen LogP contribution in [0.1, 0.15) is 11.1 Å². The number of benzene rings is 1. The van der Waals surface area contributed by atoms with Crippen LogP contribution in [0.4, 0.5) is 0 Å². The van der Waals surface area contributed by atoms with Crippen molar-refractivity contribution in [3.63, 3.8) is 0 Å². The third kappa shape index (κ3) is 2.26. The fourth-order valence-corrected chi connectivity index (χ4v) is 2.25. The zero-order chi connectivity index (χ0) is 11.6. The topological polar surface area (TPSA) is 93.2 Å². The lowest BCUT2D eigenvalue weighted by Gasteiger charge is -2.09. The van der Waals surface area contributed by atoms with Crippen LogP contribution in [0.2, 0.25) is 0 Å². The third-order valence-corrected chi connectivity index (χ3v) is 2.97. The van der Waals surface area contributed by atoms with Gasteiger partial charge < -0.3 is 4.74 Å². The smallest absolute Gasteiger partial charge is 0.242 e. The number of hydrogen-bond acceptors (Lipinski definition) is 4. The minimum Gasteiger partial charge on any atom is -0.495 e. The zero-order valence-corrected chi connectivity index (χ0v) is 9.13. The molecule has 15 heavy (non-hydrogen) atoms. The maximum atomic E-state index is 11.2. The van der Waals surface area contributed by atoms with Gasteiger partial charge in [0.15, 0.2) is 0 Å². The number of aryl methyl sites for hydroxylation is 1. The molecule has 0 amide bonds. The first-order valence-corrected chi connectivity index (χ1v) is 5.56. The molecule has 0 aliphatic rings. The van der Waals surface area contributed by atoms with E-state index in [9.17, 15) is 8.42 Å². The van der Waals surface area contributed by atoms with Gasteiger partial charge in [-0.05, 0) is 24.6 Å². The van der Waals surface area contributed by atoms with E-state index >= 15 is 0 Å². The van der Waals surface area contributed by atoms with Gasteiger partial charge in [-0.2, -0.15) is 5.26 Å². The van der Waals surface area contributed by atoms with Gasteiger partial charge in [0.2, 0.25) is 10.0 Å². The van der Waals surface area contributed by atoms with Crippen LogP contribution in [-0.4, -0.2) is 15.5 Å². The Hall–Kier alpha value is -1.58. The van der Waals surface area contributed by atoms with Crippen molar-refractivity contribution in [3.05, 3.63) is 23.3 Å². The number of sulfonamides is 1. The molecule has 1 aromatic rings. The molecule has 1 aromatic carbocycles. The first kappa shape index (κ1) is 11.5. The van der Waals surface area contributed by atoms with Crippen LogP contribution >= 0.6 is 0 Å². The Kier molecular flexibility index (Phi) is 2.98. The van der Waals surface area contributed by atoms with E-state index in [4.69, 9.17) is 15.1 Å². The summed E-state index contributed by atoms with van der Waals surface area (Å²) in [6, 6.07) is 4.69. The molecule has 0 saturated heterocycles. The van der Waals surface area contributed by atoms with Gasteiger partial charge in [-0.1, -0.05) is 0 Å². The number of nitrogens with two attached hydrogens (primary N) is 1. The van der Waals surface area contributed by atoms with Crippen LogP contribution in [-0.2, 0) is 10.0 Å². The van der Waals surface area contributed by atoms with Crippen LogP contribution in [0.3, 0.4) is 0 Å². The minimum atomic E-state index is -3.84. The molecule has 6 heteroatoms. The van der Waals surface area contributed by atoms with Gasteiger partial charge in [0.1, 0.15) is 10.6 Å². The summed E-state index contributed by atoms with van der Waals surface area (Å²) in [7, 11) is -2.51. The van der Waals surface area contributed by atoms with E-state index < -0.39 is 10.0 Å². The normalized spacial score (nSPS) is 10.8. The average Bonchev–Trinajstić information content (AvgIpc) is 2.14. The summed E-state index contributed by atoms with van der Waals surface area (Å²) < 4.78 is 27.4. The van der Waals surface area contributed by atoms with Gasteiger partial charge in [0.05, 0.1) is 18.7 Å². The van der Waals surface area contributed by atoms with Crippen molar-refractivity contribution in [3.8, 4) is 11.8 Å². The van der Waals surface area contributed by atoms with E-state index in [1.54, 1.807) is 6.92 Å². The predicted octanol–water partition coefficient (Wildman–Crippen LogP) is 0.523. The fourth-order valence-electron chi connectivity index (χ4n) is 1.32. The summed E-state index contributed by atoms with van der Waals surface area (Å²) in [5.74, 6) is 0.0917. The number of methoxy groups -OCH3 is 1. The van der Waals surface area contributed by atoms with E-state index in [1.807, 2.05) is 6.07 Å². The number of hydrogen-bond donors (Lipinski definition) is 1. The lowest BCUT2D eigenvalue weighted by atomic mass is 10.1. The Balaban J connectivity index is 3.61. The fraction of sp³-hybridized carbons (Fsp3) is 0.222. The zero-order valence-electron chi connectivity index (χ0n) is 8.31. The van der Waals surface area contributed by atoms with Crippen molar-refractivity contribution in [2.45, 2.75) is 11.8 Å². The highest BCUT2D eigenvalue weighted by molar-refractivity contribution is 7.89. The van der Waals surface area contributed by atoms with E-state index in [0.29, 0.717) is 11.1 Å². The summed E-state index contributed by atoms with van der Waals surface area (Å²) in [6.07, 6.45) is 0. The van der Waals surface area contributed by atoms with Crippen LogP contribution in [0.25, 0.3) is 0 Å². The van der Waals surface area contributed by atoms with E-state index in [0.717, 1.165) is 0 Å². The monoisotopic (exact) mass is 226 g/mol. The van der Waals surface area contributed by atoms with Crippen molar-refractivity contribution in [2.75, 3.05) is 7.11 Å².